The third-order valence-electron chi connectivity index (χ3n) is 7.32. The fourth-order valence-electron chi connectivity index (χ4n) is 5.31. The van der Waals surface area contributed by atoms with Crippen molar-refractivity contribution in [1.82, 2.24) is 10.6 Å². The van der Waals surface area contributed by atoms with Crippen LogP contribution < -0.4 is 10.6 Å². The van der Waals surface area contributed by atoms with E-state index in [1.165, 1.54) is 38.5 Å². The van der Waals surface area contributed by atoms with Crippen molar-refractivity contribution in [2.45, 2.75) is 109 Å². The van der Waals surface area contributed by atoms with E-state index in [4.69, 9.17) is 9.47 Å². The van der Waals surface area contributed by atoms with Gasteiger partial charge in [-0.25, -0.2) is 4.79 Å². The zero-order valence-electron chi connectivity index (χ0n) is 25.3. The van der Waals surface area contributed by atoms with Gasteiger partial charge in [0.05, 0.1) is 6.42 Å². The van der Waals surface area contributed by atoms with Crippen LogP contribution in [0.4, 0.5) is 4.79 Å². The minimum Gasteiger partial charge on any atom is -0.460 e. The number of nitrogens with one attached hydrogen (secondary N) is 2. The Hall–Kier alpha value is -3.35. The van der Waals surface area contributed by atoms with Gasteiger partial charge in [-0.3, -0.25) is 9.59 Å². The highest BCUT2D eigenvalue weighted by molar-refractivity contribution is 5.89. The maximum Gasteiger partial charge on any atom is 0.407 e. The van der Waals surface area contributed by atoms with Crippen LogP contribution in [-0.2, 0) is 19.1 Å². The number of amides is 2. The summed E-state index contributed by atoms with van der Waals surface area (Å²) in [5.41, 5.74) is 3.78. The molecule has 0 saturated heterocycles. The largest absolute Gasteiger partial charge is 0.460 e. The van der Waals surface area contributed by atoms with Crippen molar-refractivity contribution in [1.29, 1.82) is 0 Å². The van der Waals surface area contributed by atoms with E-state index in [0.29, 0.717) is 6.54 Å². The molecule has 2 aromatic carbocycles. The highest BCUT2D eigenvalue weighted by Gasteiger charge is 2.31. The number of fused-ring (bicyclic) bond motifs is 3. The van der Waals surface area contributed by atoms with Gasteiger partial charge in [0.1, 0.15) is 18.2 Å². The Bertz CT molecular complexity index is 1090. The van der Waals surface area contributed by atoms with Crippen molar-refractivity contribution in [2.75, 3.05) is 13.2 Å². The lowest BCUT2D eigenvalue weighted by Gasteiger charge is -2.23. The first-order valence-corrected chi connectivity index (χ1v) is 15.3. The molecule has 1 aliphatic carbocycles. The first-order valence-electron chi connectivity index (χ1n) is 15.3. The molecule has 0 aromatic heterocycles. The van der Waals surface area contributed by atoms with E-state index in [9.17, 15) is 14.4 Å². The van der Waals surface area contributed by atoms with Crippen molar-refractivity contribution >= 4 is 18.0 Å². The van der Waals surface area contributed by atoms with Crippen LogP contribution in [0.25, 0.3) is 11.1 Å². The minimum absolute atomic E-state index is 0.0991. The Morgan fingerprint density at radius 1 is 0.805 bits per heavy atom. The molecule has 0 fully saturated rings. The Morgan fingerprint density at radius 2 is 1.34 bits per heavy atom. The van der Waals surface area contributed by atoms with E-state index in [2.05, 4.69) is 29.7 Å². The van der Waals surface area contributed by atoms with Gasteiger partial charge < -0.3 is 20.1 Å². The molecule has 7 heteroatoms. The van der Waals surface area contributed by atoms with Crippen LogP contribution in [0.1, 0.15) is 109 Å². The molecular weight excluding hydrogens is 516 g/mol. The Balaban J connectivity index is 1.51. The van der Waals surface area contributed by atoms with Gasteiger partial charge in [0.15, 0.2) is 0 Å². The van der Waals surface area contributed by atoms with Crippen molar-refractivity contribution in [3.8, 4) is 11.1 Å². The second kappa shape index (κ2) is 16.2. The second-order valence-electron chi connectivity index (χ2n) is 11.9. The Kier molecular flexibility index (Phi) is 12.7. The zero-order valence-corrected chi connectivity index (χ0v) is 25.3. The maximum atomic E-state index is 13.0. The molecule has 2 amide bonds. The lowest BCUT2D eigenvalue weighted by molar-refractivity contribution is -0.156. The number of esters is 1. The molecule has 2 N–H and O–H groups in total. The van der Waals surface area contributed by atoms with E-state index >= 15 is 0 Å². The fraction of sp³-hybridized carbons (Fsp3) is 0.559. The van der Waals surface area contributed by atoms with Gasteiger partial charge in [0, 0.05) is 12.5 Å². The van der Waals surface area contributed by atoms with Crippen LogP contribution in [0.3, 0.4) is 0 Å². The molecule has 0 spiro atoms. The number of carbonyl (C=O) groups excluding carboxylic acids is 3. The van der Waals surface area contributed by atoms with Gasteiger partial charge in [0.2, 0.25) is 5.91 Å². The maximum absolute atomic E-state index is 13.0. The smallest absolute Gasteiger partial charge is 0.407 e. The molecule has 0 radical (unpaired) electrons. The molecular formula is C34H48N2O5. The number of hydrogen-bond donors (Lipinski definition) is 2. The van der Waals surface area contributed by atoms with E-state index in [1.807, 2.05) is 36.4 Å². The summed E-state index contributed by atoms with van der Waals surface area (Å²) in [6.07, 6.45) is 9.64. The summed E-state index contributed by atoms with van der Waals surface area (Å²) in [6, 6.07) is 15.1. The summed E-state index contributed by atoms with van der Waals surface area (Å²) in [5, 5.41) is 5.50. The van der Waals surface area contributed by atoms with Crippen LogP contribution in [0.5, 0.6) is 0 Å². The summed E-state index contributed by atoms with van der Waals surface area (Å²) >= 11 is 0. The highest BCUT2D eigenvalue weighted by atomic mass is 16.6. The molecule has 0 aliphatic heterocycles. The van der Waals surface area contributed by atoms with Crippen molar-refractivity contribution < 1.29 is 23.9 Å². The summed E-state index contributed by atoms with van der Waals surface area (Å²) in [6.45, 7) is 8.14. The molecule has 0 bridgehead atoms. The normalized spacial score (nSPS) is 13.2. The van der Waals surface area contributed by atoms with Crippen molar-refractivity contribution in [3.05, 3.63) is 59.7 Å². The predicted octanol–water partition coefficient (Wildman–Crippen LogP) is 7.27. The molecule has 3 rings (SSSR count). The van der Waals surface area contributed by atoms with Crippen molar-refractivity contribution in [3.63, 3.8) is 0 Å². The molecule has 2 aromatic rings. The van der Waals surface area contributed by atoms with E-state index < -0.39 is 29.6 Å². The van der Waals surface area contributed by atoms with Gasteiger partial charge in [-0.1, -0.05) is 107 Å². The molecule has 224 valence electrons. The van der Waals surface area contributed by atoms with Gasteiger partial charge in [-0.2, -0.15) is 0 Å². The summed E-state index contributed by atoms with van der Waals surface area (Å²) in [4.78, 5) is 38.4. The van der Waals surface area contributed by atoms with Crippen molar-refractivity contribution in [2.24, 2.45) is 0 Å². The summed E-state index contributed by atoms with van der Waals surface area (Å²) in [5.74, 6) is -1.07. The van der Waals surface area contributed by atoms with Gasteiger partial charge in [0.25, 0.3) is 0 Å². The number of ether oxygens (including phenoxy) is 2. The van der Waals surface area contributed by atoms with Gasteiger partial charge in [-0.15, -0.1) is 0 Å². The number of benzene rings is 2. The van der Waals surface area contributed by atoms with Crippen LogP contribution >= 0.6 is 0 Å². The molecule has 1 aliphatic rings. The topological polar surface area (TPSA) is 93.7 Å². The third kappa shape index (κ3) is 10.5. The predicted molar refractivity (Wildman–Crippen MR) is 163 cm³/mol. The number of hydrogen-bond acceptors (Lipinski definition) is 5. The quantitative estimate of drug-likeness (QED) is 0.165. The first kappa shape index (κ1) is 32.2. The molecule has 0 unspecified atom stereocenters. The lowest BCUT2D eigenvalue weighted by atomic mass is 9.98. The molecule has 7 nitrogen and oxygen atoms in total. The van der Waals surface area contributed by atoms with E-state index in [1.54, 1.807) is 20.8 Å². The third-order valence-corrected chi connectivity index (χ3v) is 7.32. The van der Waals surface area contributed by atoms with Gasteiger partial charge in [-0.05, 0) is 49.4 Å². The standard InChI is InChI=1S/C34H48N2O5/c1-5-6-7-8-9-10-11-12-17-22-35-32(38)30(23-31(37)41-34(2,3)4)36-33(39)40-24-29-27-20-15-13-18-25(27)26-19-14-16-21-28(26)29/h13-16,18-21,29-30H,5-12,17,22-24H2,1-4H3,(H,35,38)(H,36,39)/t30-/m0/s1. The molecule has 0 saturated carbocycles. The monoisotopic (exact) mass is 564 g/mol. The summed E-state index contributed by atoms with van der Waals surface area (Å²) < 4.78 is 11.0. The number of rotatable bonds is 16. The highest BCUT2D eigenvalue weighted by Crippen LogP contribution is 2.44. The number of unbranched alkanes of at least 4 members (excludes halogenated alkanes) is 8. The zero-order chi connectivity index (χ0) is 29.7. The SMILES string of the molecule is CCCCCCCCCCCNC(=O)[C@H](CC(=O)OC(C)(C)C)NC(=O)OCC1c2ccccc2-c2ccccc21. The van der Waals surface area contributed by atoms with Crippen LogP contribution in [-0.4, -0.2) is 42.8 Å². The second-order valence-corrected chi connectivity index (χ2v) is 11.9. The minimum atomic E-state index is -1.08. The van der Waals surface area contributed by atoms with Crippen LogP contribution in [0.2, 0.25) is 0 Å². The average Bonchev–Trinajstić information content (AvgIpc) is 3.25. The van der Waals surface area contributed by atoms with E-state index in [-0.39, 0.29) is 18.9 Å². The number of alkyl carbamates (subject to hydrolysis) is 1. The van der Waals surface area contributed by atoms with Crippen LogP contribution in [0, 0.1) is 0 Å². The molecule has 1 atom stereocenters. The Morgan fingerprint density at radius 3 is 1.90 bits per heavy atom. The summed E-state index contributed by atoms with van der Waals surface area (Å²) in [7, 11) is 0. The Labute approximate surface area is 245 Å². The van der Waals surface area contributed by atoms with E-state index in [0.717, 1.165) is 41.5 Å². The van der Waals surface area contributed by atoms with Crippen LogP contribution in [0.15, 0.2) is 48.5 Å². The molecule has 41 heavy (non-hydrogen) atoms. The lowest BCUT2D eigenvalue weighted by Crippen LogP contribution is -2.49. The number of carbonyl (C=O) groups is 3. The average molecular weight is 565 g/mol. The first-order chi connectivity index (χ1) is 19.7. The molecule has 0 heterocycles. The fourth-order valence-corrected chi connectivity index (χ4v) is 5.31. The van der Waals surface area contributed by atoms with Gasteiger partial charge >= 0.3 is 12.1 Å².